The number of pyridine rings is 1. The molecule has 3 rings (SSSR count). The minimum atomic E-state index is -0.689. The van der Waals surface area contributed by atoms with Gasteiger partial charge in [0.05, 0.1) is 17.2 Å². The Kier molecular flexibility index (Phi) is 3.51. The van der Waals surface area contributed by atoms with Crippen LogP contribution in [0.25, 0.3) is 0 Å². The maximum Gasteiger partial charge on any atom is 0.231 e. The van der Waals surface area contributed by atoms with Crippen LogP contribution in [0.2, 0.25) is 0 Å². The molecule has 5 nitrogen and oxygen atoms in total. The van der Waals surface area contributed by atoms with Crippen LogP contribution in [-0.4, -0.2) is 16.6 Å². The highest BCUT2D eigenvalue weighted by Gasteiger charge is 2.32. The standard InChI is InChI=1S/C17H15N3O2/c1-3-17(2)20-16(21-15-6-4-5-9-19-15)13-10-12(11-18)7-8-14(13)22-17/h4-10H,3H2,1-2H3. The topological polar surface area (TPSA) is 67.5 Å². The Bertz CT molecular complexity index is 765. The second-order valence-electron chi connectivity index (χ2n) is 5.14. The number of aromatic nitrogens is 1. The zero-order valence-corrected chi connectivity index (χ0v) is 12.4. The van der Waals surface area contributed by atoms with Crippen molar-refractivity contribution in [1.82, 2.24) is 4.98 Å². The van der Waals surface area contributed by atoms with E-state index in [-0.39, 0.29) is 0 Å². The lowest BCUT2D eigenvalue weighted by Crippen LogP contribution is -2.36. The zero-order chi connectivity index (χ0) is 15.6. The molecular formula is C17H15N3O2. The van der Waals surface area contributed by atoms with E-state index in [0.29, 0.717) is 35.1 Å². The summed E-state index contributed by atoms with van der Waals surface area (Å²) < 4.78 is 11.8. The third-order valence-corrected chi connectivity index (χ3v) is 3.50. The summed E-state index contributed by atoms with van der Waals surface area (Å²) in [6.07, 6.45) is 2.35. The van der Waals surface area contributed by atoms with Crippen molar-refractivity contribution in [3.05, 3.63) is 53.7 Å². The van der Waals surface area contributed by atoms with Gasteiger partial charge in [0.1, 0.15) is 5.75 Å². The predicted molar refractivity (Wildman–Crippen MR) is 81.9 cm³/mol. The molecule has 1 atom stereocenters. The molecule has 0 fully saturated rings. The number of rotatable bonds is 2. The van der Waals surface area contributed by atoms with Crippen molar-refractivity contribution >= 4 is 5.90 Å². The smallest absolute Gasteiger partial charge is 0.231 e. The number of nitriles is 1. The molecular weight excluding hydrogens is 278 g/mol. The third-order valence-electron chi connectivity index (χ3n) is 3.50. The number of nitrogens with zero attached hydrogens (tertiary/aromatic N) is 3. The van der Waals surface area contributed by atoms with Crippen molar-refractivity contribution < 1.29 is 9.47 Å². The van der Waals surface area contributed by atoms with Gasteiger partial charge in [-0.25, -0.2) is 9.98 Å². The molecule has 22 heavy (non-hydrogen) atoms. The van der Waals surface area contributed by atoms with Crippen LogP contribution in [0.15, 0.2) is 47.6 Å². The van der Waals surface area contributed by atoms with E-state index in [1.807, 2.05) is 26.0 Å². The molecule has 1 aromatic heterocycles. The van der Waals surface area contributed by atoms with Gasteiger partial charge in [-0.3, -0.25) is 0 Å². The summed E-state index contributed by atoms with van der Waals surface area (Å²) in [6.45, 7) is 3.90. The van der Waals surface area contributed by atoms with E-state index < -0.39 is 5.72 Å². The van der Waals surface area contributed by atoms with Crippen molar-refractivity contribution in [3.63, 3.8) is 0 Å². The number of ether oxygens (including phenoxy) is 2. The Morgan fingerprint density at radius 2 is 2.18 bits per heavy atom. The lowest BCUT2D eigenvalue weighted by Gasteiger charge is -2.31. The Morgan fingerprint density at radius 3 is 2.86 bits per heavy atom. The van der Waals surface area contributed by atoms with Crippen LogP contribution in [-0.2, 0) is 0 Å². The first-order valence-electron chi connectivity index (χ1n) is 7.06. The van der Waals surface area contributed by atoms with Crippen LogP contribution in [0.3, 0.4) is 0 Å². The van der Waals surface area contributed by atoms with Gasteiger partial charge >= 0.3 is 0 Å². The molecule has 1 unspecified atom stereocenters. The summed E-state index contributed by atoms with van der Waals surface area (Å²) in [5, 5.41) is 9.08. The number of hydrogen-bond donors (Lipinski definition) is 0. The first-order chi connectivity index (χ1) is 10.6. The van der Waals surface area contributed by atoms with Crippen LogP contribution in [0.4, 0.5) is 0 Å². The summed E-state index contributed by atoms with van der Waals surface area (Å²) >= 11 is 0. The second-order valence-corrected chi connectivity index (χ2v) is 5.14. The normalized spacial score (nSPS) is 19.4. The van der Waals surface area contributed by atoms with Crippen LogP contribution < -0.4 is 9.47 Å². The van der Waals surface area contributed by atoms with Gasteiger partial charge in [0.2, 0.25) is 17.5 Å². The summed E-state index contributed by atoms with van der Waals surface area (Å²) in [5.74, 6) is 1.53. The third kappa shape index (κ3) is 2.63. The highest BCUT2D eigenvalue weighted by molar-refractivity contribution is 5.99. The van der Waals surface area contributed by atoms with Crippen molar-refractivity contribution in [2.75, 3.05) is 0 Å². The largest absolute Gasteiger partial charge is 0.466 e. The van der Waals surface area contributed by atoms with E-state index in [1.165, 1.54) is 0 Å². The van der Waals surface area contributed by atoms with Crippen LogP contribution in [0.1, 0.15) is 31.4 Å². The average molecular weight is 293 g/mol. The van der Waals surface area contributed by atoms with E-state index in [4.69, 9.17) is 14.7 Å². The fraction of sp³-hybridized carbons (Fsp3) is 0.235. The first-order valence-corrected chi connectivity index (χ1v) is 7.06. The van der Waals surface area contributed by atoms with Crippen molar-refractivity contribution in [1.29, 1.82) is 5.26 Å². The van der Waals surface area contributed by atoms with Crippen molar-refractivity contribution in [2.24, 2.45) is 4.99 Å². The van der Waals surface area contributed by atoms with Gasteiger partial charge in [-0.15, -0.1) is 0 Å². The molecule has 0 amide bonds. The van der Waals surface area contributed by atoms with E-state index in [0.717, 1.165) is 0 Å². The molecule has 0 aliphatic carbocycles. The SMILES string of the molecule is CCC1(C)N=C(Oc2ccccn2)c2cc(C#N)ccc2O1. The Labute approximate surface area is 128 Å². The molecule has 0 N–H and O–H groups in total. The van der Waals surface area contributed by atoms with Crippen LogP contribution in [0, 0.1) is 11.3 Å². The highest BCUT2D eigenvalue weighted by Crippen LogP contribution is 2.33. The van der Waals surface area contributed by atoms with E-state index >= 15 is 0 Å². The molecule has 1 aromatic carbocycles. The minimum Gasteiger partial charge on any atom is -0.466 e. The van der Waals surface area contributed by atoms with Gasteiger partial charge in [0.15, 0.2) is 0 Å². The molecule has 0 saturated heterocycles. The fourth-order valence-electron chi connectivity index (χ4n) is 2.13. The first kappa shape index (κ1) is 14.1. The van der Waals surface area contributed by atoms with Gasteiger partial charge in [-0.2, -0.15) is 5.26 Å². The highest BCUT2D eigenvalue weighted by atomic mass is 16.5. The van der Waals surface area contributed by atoms with Crippen molar-refractivity contribution in [2.45, 2.75) is 26.0 Å². The Balaban J connectivity index is 2.06. The van der Waals surface area contributed by atoms with E-state index in [2.05, 4.69) is 16.0 Å². The van der Waals surface area contributed by atoms with E-state index in [1.54, 1.807) is 30.5 Å². The zero-order valence-electron chi connectivity index (χ0n) is 12.4. The summed E-state index contributed by atoms with van der Waals surface area (Å²) in [5.41, 5.74) is 0.501. The van der Waals surface area contributed by atoms with Crippen LogP contribution >= 0.6 is 0 Å². The second kappa shape index (κ2) is 5.49. The van der Waals surface area contributed by atoms with Gasteiger partial charge in [0, 0.05) is 18.7 Å². The molecule has 1 aliphatic heterocycles. The minimum absolute atomic E-state index is 0.418. The van der Waals surface area contributed by atoms with Gasteiger partial charge < -0.3 is 9.47 Å². The molecule has 0 spiro atoms. The average Bonchev–Trinajstić information content (AvgIpc) is 2.55. The predicted octanol–water partition coefficient (Wildman–Crippen LogP) is 3.30. The van der Waals surface area contributed by atoms with Gasteiger partial charge in [-0.05, 0) is 31.2 Å². The number of hydrogen-bond acceptors (Lipinski definition) is 5. The molecule has 0 radical (unpaired) electrons. The van der Waals surface area contributed by atoms with Gasteiger partial charge in [0.25, 0.3) is 0 Å². The summed E-state index contributed by atoms with van der Waals surface area (Å²) in [7, 11) is 0. The number of fused-ring (bicyclic) bond motifs is 1. The lowest BCUT2D eigenvalue weighted by molar-refractivity contribution is 0.0869. The number of benzene rings is 1. The van der Waals surface area contributed by atoms with E-state index in [9.17, 15) is 0 Å². The van der Waals surface area contributed by atoms with Gasteiger partial charge in [-0.1, -0.05) is 13.0 Å². The molecule has 1 aliphatic rings. The Hall–Kier alpha value is -2.87. The lowest BCUT2D eigenvalue weighted by atomic mass is 10.1. The molecule has 0 saturated carbocycles. The maximum atomic E-state index is 9.08. The molecule has 110 valence electrons. The van der Waals surface area contributed by atoms with Crippen molar-refractivity contribution in [3.8, 4) is 17.7 Å². The summed E-state index contributed by atoms with van der Waals surface area (Å²) in [6, 6.07) is 12.7. The Morgan fingerprint density at radius 1 is 1.32 bits per heavy atom. The van der Waals surface area contributed by atoms with Crippen LogP contribution in [0.5, 0.6) is 11.6 Å². The monoisotopic (exact) mass is 293 g/mol. The maximum absolute atomic E-state index is 9.08. The molecule has 2 heterocycles. The fourth-order valence-corrected chi connectivity index (χ4v) is 2.13. The summed E-state index contributed by atoms with van der Waals surface area (Å²) in [4.78, 5) is 8.72. The molecule has 2 aromatic rings. The molecule has 5 heteroatoms. The molecule has 0 bridgehead atoms. The quantitative estimate of drug-likeness (QED) is 0.852. The number of aliphatic imine (C=N–C) groups is 1.